The van der Waals surface area contributed by atoms with Gasteiger partial charge in [-0.3, -0.25) is 0 Å². The highest BCUT2D eigenvalue weighted by Crippen LogP contribution is 2.15. The van der Waals surface area contributed by atoms with Crippen molar-refractivity contribution in [1.29, 1.82) is 5.26 Å². The summed E-state index contributed by atoms with van der Waals surface area (Å²) in [5.74, 6) is 0. The largest absolute Gasteiger partial charge is 0.351 e. The molecule has 0 spiro atoms. The molecule has 0 aliphatic carbocycles. The van der Waals surface area contributed by atoms with Crippen molar-refractivity contribution < 1.29 is 0 Å². The minimum atomic E-state index is 0.712. The highest BCUT2D eigenvalue weighted by atomic mass is 14.9. The van der Waals surface area contributed by atoms with Gasteiger partial charge in [-0.2, -0.15) is 5.26 Å². The van der Waals surface area contributed by atoms with E-state index >= 15 is 0 Å². The predicted molar refractivity (Wildman–Crippen MR) is 47.6 cm³/mol. The van der Waals surface area contributed by atoms with Crippen LogP contribution in [0, 0.1) is 11.3 Å². The first-order chi connectivity index (χ1) is 5.81. The molecule has 1 aromatic heterocycles. The third-order valence-corrected chi connectivity index (χ3v) is 2.02. The second kappa shape index (κ2) is 2.38. The lowest BCUT2D eigenvalue weighted by Crippen LogP contribution is -1.83. The molecule has 0 N–H and O–H groups in total. The minimum absolute atomic E-state index is 0.712. The zero-order chi connectivity index (χ0) is 8.55. The standard InChI is InChI=1S/C10H8N2/c1-12-5-4-9-3-2-8(7-11)6-10(9)12/h2-6H,1H3. The van der Waals surface area contributed by atoms with Gasteiger partial charge in [0.1, 0.15) is 0 Å². The fourth-order valence-electron chi connectivity index (χ4n) is 1.33. The van der Waals surface area contributed by atoms with Crippen LogP contribution in [0.5, 0.6) is 0 Å². The molecule has 1 aromatic carbocycles. The van der Waals surface area contributed by atoms with Crippen LogP contribution in [0.15, 0.2) is 30.5 Å². The first-order valence-electron chi connectivity index (χ1n) is 3.76. The van der Waals surface area contributed by atoms with Crippen LogP contribution in [0.2, 0.25) is 0 Å². The summed E-state index contributed by atoms with van der Waals surface area (Å²) in [6.45, 7) is 0. The molecule has 0 unspecified atom stereocenters. The van der Waals surface area contributed by atoms with Gasteiger partial charge in [-0.15, -0.1) is 0 Å². The van der Waals surface area contributed by atoms with Gasteiger partial charge < -0.3 is 4.57 Å². The van der Waals surface area contributed by atoms with Crippen molar-refractivity contribution in [3.63, 3.8) is 0 Å². The van der Waals surface area contributed by atoms with E-state index in [1.807, 2.05) is 42.1 Å². The van der Waals surface area contributed by atoms with Crippen molar-refractivity contribution in [2.24, 2.45) is 7.05 Å². The van der Waals surface area contributed by atoms with Gasteiger partial charge in [-0.1, -0.05) is 6.07 Å². The van der Waals surface area contributed by atoms with Crippen LogP contribution in [0.4, 0.5) is 0 Å². The van der Waals surface area contributed by atoms with Gasteiger partial charge in [-0.05, 0) is 23.6 Å². The predicted octanol–water partition coefficient (Wildman–Crippen LogP) is 2.05. The molecule has 0 aliphatic heterocycles. The van der Waals surface area contributed by atoms with Crippen LogP contribution < -0.4 is 0 Å². The van der Waals surface area contributed by atoms with Gasteiger partial charge in [0.25, 0.3) is 0 Å². The quantitative estimate of drug-likeness (QED) is 0.573. The second-order valence-electron chi connectivity index (χ2n) is 2.81. The Morgan fingerprint density at radius 2 is 2.17 bits per heavy atom. The first-order valence-corrected chi connectivity index (χ1v) is 3.76. The molecule has 0 radical (unpaired) electrons. The number of rotatable bonds is 0. The normalized spacial score (nSPS) is 10.0. The lowest BCUT2D eigenvalue weighted by atomic mass is 10.2. The molecule has 0 saturated heterocycles. The molecule has 0 saturated carbocycles. The molecule has 1 heterocycles. The third kappa shape index (κ3) is 0.876. The lowest BCUT2D eigenvalue weighted by molar-refractivity contribution is 0.969. The summed E-state index contributed by atoms with van der Waals surface area (Å²) >= 11 is 0. The van der Waals surface area contributed by atoms with E-state index in [0.717, 1.165) is 5.52 Å². The van der Waals surface area contributed by atoms with Crippen LogP contribution in [0.1, 0.15) is 5.56 Å². The smallest absolute Gasteiger partial charge is 0.0992 e. The highest BCUT2D eigenvalue weighted by Gasteiger charge is 1.97. The summed E-state index contributed by atoms with van der Waals surface area (Å²) in [4.78, 5) is 0. The topological polar surface area (TPSA) is 28.7 Å². The average Bonchev–Trinajstić information content (AvgIpc) is 2.47. The lowest BCUT2D eigenvalue weighted by Gasteiger charge is -1.95. The molecule has 2 rings (SSSR count). The first kappa shape index (κ1) is 6.93. The van der Waals surface area contributed by atoms with Crippen molar-refractivity contribution >= 4 is 10.9 Å². The summed E-state index contributed by atoms with van der Waals surface area (Å²) in [5, 5.41) is 9.84. The number of nitriles is 1. The Balaban J connectivity index is 2.82. The molecule has 2 aromatic rings. The van der Waals surface area contributed by atoms with Gasteiger partial charge in [0, 0.05) is 18.8 Å². The Labute approximate surface area is 70.7 Å². The van der Waals surface area contributed by atoms with Crippen molar-refractivity contribution in [3.05, 3.63) is 36.0 Å². The van der Waals surface area contributed by atoms with E-state index < -0.39 is 0 Å². The molecule has 0 fully saturated rings. The van der Waals surface area contributed by atoms with Crippen molar-refractivity contribution in [1.82, 2.24) is 4.57 Å². The van der Waals surface area contributed by atoms with E-state index in [1.54, 1.807) is 0 Å². The summed E-state index contributed by atoms with van der Waals surface area (Å²) in [6, 6.07) is 9.86. The zero-order valence-corrected chi connectivity index (χ0v) is 6.78. The monoisotopic (exact) mass is 156 g/mol. The van der Waals surface area contributed by atoms with Crippen LogP contribution in [-0.4, -0.2) is 4.57 Å². The second-order valence-corrected chi connectivity index (χ2v) is 2.81. The van der Waals surface area contributed by atoms with E-state index in [0.29, 0.717) is 5.56 Å². The summed E-state index contributed by atoms with van der Waals surface area (Å²) < 4.78 is 2.01. The number of hydrogen-bond donors (Lipinski definition) is 0. The van der Waals surface area contributed by atoms with Gasteiger partial charge >= 0.3 is 0 Å². The Hall–Kier alpha value is -1.75. The van der Waals surface area contributed by atoms with E-state index in [2.05, 4.69) is 6.07 Å². The Morgan fingerprint density at radius 3 is 2.92 bits per heavy atom. The van der Waals surface area contributed by atoms with Gasteiger partial charge in [0.2, 0.25) is 0 Å². The number of fused-ring (bicyclic) bond motifs is 1. The summed E-state index contributed by atoms with van der Waals surface area (Å²) in [7, 11) is 1.98. The number of aromatic nitrogens is 1. The number of benzene rings is 1. The molecule has 2 heteroatoms. The van der Waals surface area contributed by atoms with Crippen LogP contribution in [0.25, 0.3) is 10.9 Å². The minimum Gasteiger partial charge on any atom is -0.351 e. The van der Waals surface area contributed by atoms with Crippen molar-refractivity contribution in [2.45, 2.75) is 0 Å². The van der Waals surface area contributed by atoms with Crippen LogP contribution >= 0.6 is 0 Å². The zero-order valence-electron chi connectivity index (χ0n) is 6.78. The van der Waals surface area contributed by atoms with Gasteiger partial charge in [-0.25, -0.2) is 0 Å². The maximum atomic E-state index is 8.67. The van der Waals surface area contributed by atoms with Crippen molar-refractivity contribution in [3.8, 4) is 6.07 Å². The molecule has 12 heavy (non-hydrogen) atoms. The molecular weight excluding hydrogens is 148 g/mol. The van der Waals surface area contributed by atoms with Gasteiger partial charge in [0.05, 0.1) is 11.6 Å². The Morgan fingerprint density at radius 1 is 1.33 bits per heavy atom. The molecule has 0 amide bonds. The number of nitrogens with zero attached hydrogens (tertiary/aromatic N) is 2. The van der Waals surface area contributed by atoms with Gasteiger partial charge in [0.15, 0.2) is 0 Å². The van der Waals surface area contributed by atoms with E-state index in [9.17, 15) is 0 Å². The fraction of sp³-hybridized carbons (Fsp3) is 0.100. The Bertz CT molecular complexity index is 460. The number of hydrogen-bond acceptors (Lipinski definition) is 1. The van der Waals surface area contributed by atoms with E-state index in [-0.39, 0.29) is 0 Å². The fourth-order valence-corrected chi connectivity index (χ4v) is 1.33. The molecule has 0 bridgehead atoms. The van der Waals surface area contributed by atoms with Crippen LogP contribution in [-0.2, 0) is 7.05 Å². The van der Waals surface area contributed by atoms with E-state index in [4.69, 9.17) is 5.26 Å². The maximum absolute atomic E-state index is 8.67. The molecular formula is C10H8N2. The van der Waals surface area contributed by atoms with E-state index in [1.165, 1.54) is 5.39 Å². The molecule has 0 aliphatic rings. The SMILES string of the molecule is Cn1ccc2ccc(C#N)cc21. The summed E-state index contributed by atoms with van der Waals surface area (Å²) in [5.41, 5.74) is 1.82. The van der Waals surface area contributed by atoms with Crippen molar-refractivity contribution in [2.75, 3.05) is 0 Å². The van der Waals surface area contributed by atoms with Crippen LogP contribution in [0.3, 0.4) is 0 Å². The number of aryl methyl sites for hydroxylation is 1. The summed E-state index contributed by atoms with van der Waals surface area (Å²) in [6.07, 6.45) is 1.99. The average molecular weight is 156 g/mol. The third-order valence-electron chi connectivity index (χ3n) is 2.02. The Kier molecular flexibility index (Phi) is 1.38. The maximum Gasteiger partial charge on any atom is 0.0992 e. The molecule has 58 valence electrons. The molecule has 0 atom stereocenters. The highest BCUT2D eigenvalue weighted by molar-refractivity contribution is 5.81. The molecule has 2 nitrogen and oxygen atoms in total.